The van der Waals surface area contributed by atoms with E-state index in [0.717, 1.165) is 39.8 Å². The first kappa shape index (κ1) is 13.0. The van der Waals surface area contributed by atoms with Crippen LogP contribution in [0.1, 0.15) is 23.3 Å². The molecule has 0 unspecified atom stereocenters. The first-order valence-electron chi connectivity index (χ1n) is 6.52. The molecule has 0 aliphatic carbocycles. The van der Waals surface area contributed by atoms with Crippen molar-refractivity contribution >= 4 is 28.2 Å². The molecule has 0 fully saturated rings. The Kier molecular flexibility index (Phi) is 3.35. The maximum absolute atomic E-state index is 4.49. The smallest absolute Gasteiger partial charge is 0.156 e. The summed E-state index contributed by atoms with van der Waals surface area (Å²) in [4.78, 5) is 13.1. The van der Waals surface area contributed by atoms with Gasteiger partial charge in [-0.1, -0.05) is 0 Å². The number of aromatic nitrogens is 5. The fourth-order valence-electron chi connectivity index (χ4n) is 2.19. The lowest BCUT2D eigenvalue weighted by Crippen LogP contribution is -2.06. The van der Waals surface area contributed by atoms with Crippen molar-refractivity contribution in [1.82, 2.24) is 24.7 Å². The van der Waals surface area contributed by atoms with Gasteiger partial charge in [0.05, 0.1) is 22.9 Å². The normalized spacial score (nSPS) is 11.2. The molecule has 0 aliphatic rings. The summed E-state index contributed by atoms with van der Waals surface area (Å²) in [6.07, 6.45) is 1.58. The van der Waals surface area contributed by atoms with E-state index < -0.39 is 0 Å². The van der Waals surface area contributed by atoms with Crippen LogP contribution in [0.25, 0.3) is 11.0 Å². The number of thiazole rings is 1. The van der Waals surface area contributed by atoms with Gasteiger partial charge in [-0.15, -0.1) is 11.3 Å². The lowest BCUT2D eigenvalue weighted by Gasteiger charge is -2.06. The number of hydrogen-bond acceptors (Lipinski definition) is 6. The highest BCUT2D eigenvalue weighted by Crippen LogP contribution is 2.22. The summed E-state index contributed by atoms with van der Waals surface area (Å²) in [5, 5.41) is 11.0. The van der Waals surface area contributed by atoms with Crippen molar-refractivity contribution in [1.29, 1.82) is 0 Å². The topological polar surface area (TPSA) is 68.5 Å². The average Bonchev–Trinajstić information content (AvgIpc) is 3.01. The second-order valence-electron chi connectivity index (χ2n) is 4.53. The summed E-state index contributed by atoms with van der Waals surface area (Å²) >= 11 is 1.65. The number of aryl methyl sites for hydroxylation is 3. The van der Waals surface area contributed by atoms with Crippen LogP contribution in [0.5, 0.6) is 0 Å². The van der Waals surface area contributed by atoms with Crippen molar-refractivity contribution in [2.45, 2.75) is 33.9 Å². The lowest BCUT2D eigenvalue weighted by molar-refractivity contribution is 0.675. The van der Waals surface area contributed by atoms with E-state index >= 15 is 0 Å². The third-order valence-corrected chi connectivity index (χ3v) is 3.92. The number of nitrogens with zero attached hydrogens (tertiary/aromatic N) is 5. The van der Waals surface area contributed by atoms with Crippen LogP contribution in [-0.2, 0) is 13.1 Å². The number of rotatable bonds is 4. The van der Waals surface area contributed by atoms with Crippen LogP contribution >= 0.6 is 11.3 Å². The van der Waals surface area contributed by atoms with E-state index in [1.54, 1.807) is 17.7 Å². The van der Waals surface area contributed by atoms with Gasteiger partial charge < -0.3 is 5.32 Å². The van der Waals surface area contributed by atoms with Gasteiger partial charge in [-0.05, 0) is 20.8 Å². The van der Waals surface area contributed by atoms with E-state index in [4.69, 9.17) is 0 Å². The van der Waals surface area contributed by atoms with Crippen molar-refractivity contribution in [2.24, 2.45) is 0 Å². The number of nitrogens with one attached hydrogen (secondary N) is 1. The van der Waals surface area contributed by atoms with Gasteiger partial charge in [-0.2, -0.15) is 5.10 Å². The maximum atomic E-state index is 4.49. The van der Waals surface area contributed by atoms with Gasteiger partial charge in [-0.3, -0.25) is 4.68 Å². The van der Waals surface area contributed by atoms with Crippen LogP contribution in [0.2, 0.25) is 0 Å². The lowest BCUT2D eigenvalue weighted by atomic mass is 10.3. The van der Waals surface area contributed by atoms with Gasteiger partial charge in [0.1, 0.15) is 17.4 Å². The van der Waals surface area contributed by atoms with E-state index in [-0.39, 0.29) is 0 Å². The Bertz CT molecular complexity index is 744. The van der Waals surface area contributed by atoms with Crippen LogP contribution in [0.3, 0.4) is 0 Å². The molecular weight excluding hydrogens is 272 g/mol. The molecule has 0 spiro atoms. The molecule has 3 aromatic heterocycles. The fourth-order valence-corrected chi connectivity index (χ4v) is 2.80. The molecule has 0 atom stereocenters. The molecular formula is C13H16N6S. The molecule has 3 aromatic rings. The minimum atomic E-state index is 0.657. The first-order chi connectivity index (χ1) is 9.69. The number of hydrogen-bond donors (Lipinski definition) is 1. The Morgan fingerprint density at radius 3 is 2.85 bits per heavy atom. The molecule has 0 saturated carbocycles. The molecule has 6 nitrogen and oxygen atoms in total. The molecule has 104 valence electrons. The van der Waals surface area contributed by atoms with Crippen molar-refractivity contribution in [3.8, 4) is 0 Å². The number of anilines is 1. The van der Waals surface area contributed by atoms with Gasteiger partial charge in [-0.25, -0.2) is 15.0 Å². The predicted molar refractivity (Wildman–Crippen MR) is 79.9 cm³/mol. The standard InChI is InChI=1S/C13H16N6S/c1-4-19-12-11(8(2)18-19)15-7-16-13(12)14-5-10-6-20-9(3)17-10/h6-7H,4-5H2,1-3H3,(H,14,15,16). The zero-order valence-corrected chi connectivity index (χ0v) is 12.5. The summed E-state index contributed by atoms with van der Waals surface area (Å²) in [6.45, 7) is 7.49. The third kappa shape index (κ3) is 2.24. The van der Waals surface area contributed by atoms with Crippen LogP contribution in [0, 0.1) is 13.8 Å². The minimum absolute atomic E-state index is 0.657. The highest BCUT2D eigenvalue weighted by molar-refractivity contribution is 7.09. The molecule has 0 aliphatic heterocycles. The highest BCUT2D eigenvalue weighted by Gasteiger charge is 2.13. The highest BCUT2D eigenvalue weighted by atomic mass is 32.1. The molecule has 3 heterocycles. The van der Waals surface area contributed by atoms with E-state index in [2.05, 4.69) is 37.7 Å². The molecule has 1 N–H and O–H groups in total. The van der Waals surface area contributed by atoms with Crippen molar-refractivity contribution in [2.75, 3.05) is 5.32 Å². The Morgan fingerprint density at radius 1 is 1.30 bits per heavy atom. The summed E-state index contributed by atoms with van der Waals surface area (Å²) in [7, 11) is 0. The Morgan fingerprint density at radius 2 is 2.15 bits per heavy atom. The van der Waals surface area contributed by atoms with E-state index in [0.29, 0.717) is 6.54 Å². The molecule has 0 aromatic carbocycles. The third-order valence-electron chi connectivity index (χ3n) is 3.10. The zero-order valence-electron chi connectivity index (χ0n) is 11.7. The molecule has 20 heavy (non-hydrogen) atoms. The quantitative estimate of drug-likeness (QED) is 0.799. The largest absolute Gasteiger partial charge is 0.362 e. The first-order valence-corrected chi connectivity index (χ1v) is 7.40. The van der Waals surface area contributed by atoms with E-state index in [1.165, 1.54) is 0 Å². The second-order valence-corrected chi connectivity index (χ2v) is 5.59. The minimum Gasteiger partial charge on any atom is -0.362 e. The van der Waals surface area contributed by atoms with Crippen LogP contribution in [-0.4, -0.2) is 24.7 Å². The van der Waals surface area contributed by atoms with Crippen LogP contribution in [0.15, 0.2) is 11.7 Å². The van der Waals surface area contributed by atoms with Gasteiger partial charge in [0.15, 0.2) is 5.82 Å². The monoisotopic (exact) mass is 288 g/mol. The van der Waals surface area contributed by atoms with Gasteiger partial charge in [0, 0.05) is 11.9 Å². The summed E-state index contributed by atoms with van der Waals surface area (Å²) in [5.41, 5.74) is 3.81. The summed E-state index contributed by atoms with van der Waals surface area (Å²) in [5.74, 6) is 0.808. The predicted octanol–water partition coefficient (Wildman–Crippen LogP) is 2.53. The molecule has 3 rings (SSSR count). The molecule has 0 radical (unpaired) electrons. The van der Waals surface area contributed by atoms with Gasteiger partial charge in [0.25, 0.3) is 0 Å². The molecule has 0 bridgehead atoms. The van der Waals surface area contributed by atoms with Crippen molar-refractivity contribution in [3.63, 3.8) is 0 Å². The molecule has 0 amide bonds. The Balaban J connectivity index is 1.94. The zero-order chi connectivity index (χ0) is 14.1. The Hall–Kier alpha value is -2.02. The van der Waals surface area contributed by atoms with E-state index in [9.17, 15) is 0 Å². The second kappa shape index (κ2) is 5.16. The SMILES string of the molecule is CCn1nc(C)c2ncnc(NCc3csc(C)n3)c21. The van der Waals surface area contributed by atoms with Crippen molar-refractivity contribution in [3.05, 3.63) is 28.1 Å². The molecule has 7 heteroatoms. The number of fused-ring (bicyclic) bond motifs is 1. The maximum Gasteiger partial charge on any atom is 0.156 e. The van der Waals surface area contributed by atoms with Crippen molar-refractivity contribution < 1.29 is 0 Å². The summed E-state index contributed by atoms with van der Waals surface area (Å²) in [6, 6.07) is 0. The van der Waals surface area contributed by atoms with E-state index in [1.807, 2.05) is 18.5 Å². The van der Waals surface area contributed by atoms with Gasteiger partial charge >= 0.3 is 0 Å². The van der Waals surface area contributed by atoms with Crippen LogP contribution < -0.4 is 5.32 Å². The molecule has 0 saturated heterocycles. The average molecular weight is 288 g/mol. The summed E-state index contributed by atoms with van der Waals surface area (Å²) < 4.78 is 1.93. The fraction of sp³-hybridized carbons (Fsp3) is 0.385. The Labute approximate surface area is 120 Å². The van der Waals surface area contributed by atoms with Gasteiger partial charge in [0.2, 0.25) is 0 Å². The van der Waals surface area contributed by atoms with Crippen LogP contribution in [0.4, 0.5) is 5.82 Å².